The zero-order chi connectivity index (χ0) is 14.7. The summed E-state index contributed by atoms with van der Waals surface area (Å²) < 4.78 is 5.33. The summed E-state index contributed by atoms with van der Waals surface area (Å²) >= 11 is 1.69. The maximum atomic E-state index is 12.4. The number of thiophene rings is 1. The largest absolute Gasteiger partial charge is 0.463 e. The third-order valence-electron chi connectivity index (χ3n) is 3.17. The third kappa shape index (κ3) is 2.90. The molecule has 0 saturated heterocycles. The summed E-state index contributed by atoms with van der Waals surface area (Å²) in [6.45, 7) is 2.43. The van der Waals surface area contributed by atoms with Crippen LogP contribution < -0.4 is 5.32 Å². The summed E-state index contributed by atoms with van der Waals surface area (Å²) in [5, 5.41) is 12.0. The highest BCUT2D eigenvalue weighted by Gasteiger charge is 2.20. The molecule has 3 heterocycles. The van der Waals surface area contributed by atoms with Gasteiger partial charge in [0.15, 0.2) is 5.76 Å². The van der Waals surface area contributed by atoms with Crippen molar-refractivity contribution in [1.82, 2.24) is 15.5 Å². The molecule has 2 N–H and O–H groups in total. The zero-order valence-electron chi connectivity index (χ0n) is 11.6. The Kier molecular flexibility index (Phi) is 3.87. The molecule has 1 amide bonds. The minimum atomic E-state index is -0.135. The number of nitrogens with zero attached hydrogens (tertiary/aromatic N) is 1. The van der Waals surface area contributed by atoms with Crippen LogP contribution in [0.3, 0.4) is 0 Å². The van der Waals surface area contributed by atoms with Gasteiger partial charge in [-0.15, -0.1) is 11.3 Å². The number of aromatic amines is 1. The molecule has 0 spiro atoms. The quantitative estimate of drug-likeness (QED) is 0.761. The van der Waals surface area contributed by atoms with E-state index in [1.54, 1.807) is 29.7 Å². The number of aryl methyl sites for hydroxylation is 1. The molecule has 0 bridgehead atoms. The lowest BCUT2D eigenvalue weighted by Crippen LogP contribution is -2.26. The van der Waals surface area contributed by atoms with Gasteiger partial charge in [0, 0.05) is 17.1 Å². The van der Waals surface area contributed by atoms with E-state index in [9.17, 15) is 4.79 Å². The molecule has 0 atom stereocenters. The standard InChI is InChI=1S/C15H15N3O2S/c1-10-13(14(18-17-10)12-5-2-8-20-12)15(19)16-7-6-11-4-3-9-21-11/h2-5,8-9H,6-7H2,1H3,(H,16,19)(H,17,18). The maximum absolute atomic E-state index is 12.4. The van der Waals surface area contributed by atoms with Crippen molar-refractivity contribution in [1.29, 1.82) is 0 Å². The van der Waals surface area contributed by atoms with E-state index in [-0.39, 0.29) is 5.91 Å². The molecule has 3 rings (SSSR count). The predicted molar refractivity (Wildman–Crippen MR) is 81.4 cm³/mol. The molecule has 0 radical (unpaired) electrons. The Hall–Kier alpha value is -2.34. The molecule has 108 valence electrons. The average molecular weight is 301 g/mol. The van der Waals surface area contributed by atoms with Gasteiger partial charge in [0.05, 0.1) is 11.8 Å². The molecule has 0 fully saturated rings. The van der Waals surface area contributed by atoms with Crippen LogP contribution in [0.4, 0.5) is 0 Å². The monoisotopic (exact) mass is 301 g/mol. The van der Waals surface area contributed by atoms with Crippen LogP contribution in [0.25, 0.3) is 11.5 Å². The van der Waals surface area contributed by atoms with Gasteiger partial charge in [0.2, 0.25) is 0 Å². The lowest BCUT2D eigenvalue weighted by Gasteiger charge is -2.05. The number of hydrogen-bond acceptors (Lipinski definition) is 4. The van der Waals surface area contributed by atoms with Gasteiger partial charge in [-0.3, -0.25) is 9.89 Å². The first-order valence-corrected chi connectivity index (χ1v) is 7.53. The van der Waals surface area contributed by atoms with Crippen LogP contribution in [0.15, 0.2) is 40.3 Å². The number of hydrogen-bond donors (Lipinski definition) is 2. The normalized spacial score (nSPS) is 10.7. The van der Waals surface area contributed by atoms with Crippen LogP contribution in [-0.2, 0) is 6.42 Å². The first-order valence-electron chi connectivity index (χ1n) is 6.65. The van der Waals surface area contributed by atoms with Crippen molar-refractivity contribution in [2.45, 2.75) is 13.3 Å². The average Bonchev–Trinajstić information content (AvgIpc) is 3.19. The highest BCUT2D eigenvalue weighted by Crippen LogP contribution is 2.23. The van der Waals surface area contributed by atoms with Crippen molar-refractivity contribution >= 4 is 17.2 Å². The summed E-state index contributed by atoms with van der Waals surface area (Å²) in [5.74, 6) is 0.451. The van der Waals surface area contributed by atoms with Gasteiger partial charge < -0.3 is 9.73 Å². The van der Waals surface area contributed by atoms with Crippen LogP contribution in [0.2, 0.25) is 0 Å². The molecular weight excluding hydrogens is 286 g/mol. The van der Waals surface area contributed by atoms with Crippen molar-refractivity contribution in [2.75, 3.05) is 6.54 Å². The first kappa shape index (κ1) is 13.6. The minimum Gasteiger partial charge on any atom is -0.463 e. The van der Waals surface area contributed by atoms with E-state index in [4.69, 9.17) is 4.42 Å². The Labute approximate surface area is 126 Å². The fourth-order valence-electron chi connectivity index (χ4n) is 2.14. The lowest BCUT2D eigenvalue weighted by atomic mass is 10.1. The highest BCUT2D eigenvalue weighted by atomic mass is 32.1. The number of carbonyl (C=O) groups excluding carboxylic acids is 1. The molecule has 3 aromatic rings. The van der Waals surface area contributed by atoms with Crippen LogP contribution in [-0.4, -0.2) is 22.6 Å². The van der Waals surface area contributed by atoms with Crippen molar-refractivity contribution in [3.8, 4) is 11.5 Å². The molecular formula is C15H15N3O2S. The summed E-state index contributed by atoms with van der Waals surface area (Å²) in [4.78, 5) is 13.6. The fourth-order valence-corrected chi connectivity index (χ4v) is 2.85. The van der Waals surface area contributed by atoms with E-state index < -0.39 is 0 Å². The van der Waals surface area contributed by atoms with E-state index >= 15 is 0 Å². The van der Waals surface area contributed by atoms with Crippen LogP contribution in [0, 0.1) is 6.92 Å². The van der Waals surface area contributed by atoms with E-state index in [2.05, 4.69) is 21.6 Å². The van der Waals surface area contributed by atoms with Gasteiger partial charge in [-0.05, 0) is 36.9 Å². The van der Waals surface area contributed by atoms with Crippen molar-refractivity contribution in [3.05, 3.63) is 52.0 Å². The Morgan fingerprint density at radius 2 is 2.33 bits per heavy atom. The van der Waals surface area contributed by atoms with Gasteiger partial charge in [-0.2, -0.15) is 5.10 Å². The minimum absolute atomic E-state index is 0.135. The lowest BCUT2D eigenvalue weighted by molar-refractivity contribution is 0.0954. The summed E-state index contributed by atoms with van der Waals surface area (Å²) in [5.41, 5.74) is 1.82. The van der Waals surface area contributed by atoms with Crippen molar-refractivity contribution in [3.63, 3.8) is 0 Å². The van der Waals surface area contributed by atoms with E-state index in [0.29, 0.717) is 23.6 Å². The van der Waals surface area contributed by atoms with Gasteiger partial charge >= 0.3 is 0 Å². The second kappa shape index (κ2) is 5.97. The molecule has 0 aliphatic rings. The molecule has 0 saturated carbocycles. The van der Waals surface area contributed by atoms with Gasteiger partial charge in [0.25, 0.3) is 5.91 Å². The zero-order valence-corrected chi connectivity index (χ0v) is 12.4. The maximum Gasteiger partial charge on any atom is 0.255 e. The number of amides is 1. The Bertz CT molecular complexity index is 714. The molecule has 3 aromatic heterocycles. The van der Waals surface area contributed by atoms with Crippen LogP contribution in [0.1, 0.15) is 20.9 Å². The Morgan fingerprint density at radius 1 is 1.43 bits per heavy atom. The summed E-state index contributed by atoms with van der Waals surface area (Å²) in [6.07, 6.45) is 2.40. The van der Waals surface area contributed by atoms with Crippen LogP contribution >= 0.6 is 11.3 Å². The van der Waals surface area contributed by atoms with Gasteiger partial charge in [-0.25, -0.2) is 0 Å². The second-order valence-corrected chi connectivity index (χ2v) is 5.67. The number of rotatable bonds is 5. The summed E-state index contributed by atoms with van der Waals surface area (Å²) in [7, 11) is 0. The molecule has 5 nitrogen and oxygen atoms in total. The van der Waals surface area contributed by atoms with Crippen LogP contribution in [0.5, 0.6) is 0 Å². The molecule has 0 aliphatic carbocycles. The Morgan fingerprint density at radius 3 is 3.05 bits per heavy atom. The van der Waals surface area contributed by atoms with E-state index in [1.165, 1.54) is 4.88 Å². The topological polar surface area (TPSA) is 70.9 Å². The number of carbonyl (C=O) groups is 1. The highest BCUT2D eigenvalue weighted by molar-refractivity contribution is 7.09. The SMILES string of the molecule is Cc1[nH]nc(-c2ccco2)c1C(=O)NCCc1cccs1. The molecule has 0 aliphatic heterocycles. The first-order chi connectivity index (χ1) is 10.3. The number of nitrogens with one attached hydrogen (secondary N) is 2. The van der Waals surface area contributed by atoms with Crippen molar-refractivity contribution < 1.29 is 9.21 Å². The predicted octanol–water partition coefficient (Wildman–Crippen LogP) is 3.01. The Balaban J connectivity index is 1.71. The smallest absolute Gasteiger partial charge is 0.255 e. The fraction of sp³-hybridized carbons (Fsp3) is 0.200. The van der Waals surface area contributed by atoms with Gasteiger partial charge in [0.1, 0.15) is 5.69 Å². The number of H-pyrrole nitrogens is 1. The molecule has 6 heteroatoms. The number of furan rings is 1. The van der Waals surface area contributed by atoms with E-state index in [1.807, 2.05) is 18.4 Å². The van der Waals surface area contributed by atoms with Crippen molar-refractivity contribution in [2.24, 2.45) is 0 Å². The molecule has 21 heavy (non-hydrogen) atoms. The third-order valence-corrected chi connectivity index (χ3v) is 4.10. The van der Waals surface area contributed by atoms with Gasteiger partial charge in [-0.1, -0.05) is 6.07 Å². The number of aromatic nitrogens is 2. The second-order valence-electron chi connectivity index (χ2n) is 4.63. The molecule has 0 unspecified atom stereocenters. The van der Waals surface area contributed by atoms with E-state index in [0.717, 1.165) is 12.1 Å². The summed E-state index contributed by atoms with van der Waals surface area (Å²) in [6, 6.07) is 7.64. The molecule has 0 aromatic carbocycles.